The van der Waals surface area contributed by atoms with Crippen molar-refractivity contribution in [3.05, 3.63) is 93.4 Å². The van der Waals surface area contributed by atoms with Crippen LogP contribution in [0.4, 0.5) is 13.2 Å². The molecular formula is C27H24F3NO5. The number of hydrogen-bond donors (Lipinski definition) is 1. The van der Waals surface area contributed by atoms with Gasteiger partial charge in [0.25, 0.3) is 11.7 Å². The van der Waals surface area contributed by atoms with Crippen LogP contribution in [0.1, 0.15) is 45.4 Å². The Bertz CT molecular complexity index is 1390. The molecule has 3 aromatic rings. The number of rotatable bonds is 5. The number of ketones is 1. The lowest BCUT2D eigenvalue weighted by molar-refractivity contribution is -0.140. The van der Waals surface area contributed by atoms with Crippen molar-refractivity contribution < 1.29 is 37.0 Å². The molecule has 2 aromatic carbocycles. The van der Waals surface area contributed by atoms with Crippen LogP contribution in [-0.4, -0.2) is 28.8 Å². The summed E-state index contributed by atoms with van der Waals surface area (Å²) in [5, 5.41) is 11.4. The molecule has 0 saturated carbocycles. The van der Waals surface area contributed by atoms with Crippen molar-refractivity contribution in [2.24, 2.45) is 0 Å². The molecule has 0 spiro atoms. The Kier molecular flexibility index (Phi) is 6.43. The Hall–Kier alpha value is -4.01. The molecule has 4 rings (SSSR count). The average Bonchev–Trinajstić information content (AvgIpc) is 3.34. The molecule has 1 saturated heterocycles. The molecule has 0 aliphatic carbocycles. The maximum Gasteiger partial charge on any atom is 0.416 e. The van der Waals surface area contributed by atoms with Crippen molar-refractivity contribution in [3.63, 3.8) is 0 Å². The molecule has 0 bridgehead atoms. The van der Waals surface area contributed by atoms with Crippen LogP contribution in [0.5, 0.6) is 5.75 Å². The number of aliphatic hydroxyl groups is 1. The molecule has 9 heteroatoms. The van der Waals surface area contributed by atoms with Crippen LogP contribution >= 0.6 is 0 Å². The quantitative estimate of drug-likeness (QED) is 0.271. The van der Waals surface area contributed by atoms with E-state index < -0.39 is 35.2 Å². The minimum Gasteiger partial charge on any atom is -0.507 e. The zero-order valence-corrected chi connectivity index (χ0v) is 20.1. The highest BCUT2D eigenvalue weighted by Gasteiger charge is 2.48. The second-order valence-electron chi connectivity index (χ2n) is 8.74. The van der Waals surface area contributed by atoms with E-state index in [1.165, 1.54) is 19.2 Å². The van der Waals surface area contributed by atoms with Crippen LogP contribution in [-0.2, 0) is 22.3 Å². The van der Waals surface area contributed by atoms with Crippen molar-refractivity contribution in [2.45, 2.75) is 39.5 Å². The lowest BCUT2D eigenvalue weighted by Gasteiger charge is -2.24. The van der Waals surface area contributed by atoms with Crippen LogP contribution in [0.3, 0.4) is 0 Å². The SMILES string of the molecule is COc1c(C)cc(C)cc1/C(O)=C1\C(=O)C(=O)N(Cc2cccc(C(F)(F)F)c2)C1c1ccc(C)o1. The summed E-state index contributed by atoms with van der Waals surface area (Å²) in [4.78, 5) is 27.5. The topological polar surface area (TPSA) is 80.0 Å². The molecule has 1 N–H and O–H groups in total. The van der Waals surface area contributed by atoms with E-state index in [1.54, 1.807) is 32.0 Å². The fourth-order valence-corrected chi connectivity index (χ4v) is 4.53. The van der Waals surface area contributed by atoms with E-state index in [0.717, 1.165) is 22.6 Å². The predicted molar refractivity (Wildman–Crippen MR) is 125 cm³/mol. The van der Waals surface area contributed by atoms with Crippen LogP contribution in [0, 0.1) is 20.8 Å². The van der Waals surface area contributed by atoms with Gasteiger partial charge in [-0.2, -0.15) is 13.2 Å². The smallest absolute Gasteiger partial charge is 0.416 e. The van der Waals surface area contributed by atoms with Gasteiger partial charge in [0, 0.05) is 6.54 Å². The van der Waals surface area contributed by atoms with Crippen molar-refractivity contribution in [1.82, 2.24) is 4.90 Å². The first-order chi connectivity index (χ1) is 16.9. The number of alkyl halides is 3. The van der Waals surface area contributed by atoms with Crippen molar-refractivity contribution in [1.29, 1.82) is 0 Å². The number of Topliss-reactive ketones (excluding diaryl/α,β-unsaturated/α-hetero) is 1. The second kappa shape index (κ2) is 9.22. The number of ether oxygens (including phenoxy) is 1. The van der Waals surface area contributed by atoms with Crippen molar-refractivity contribution in [2.75, 3.05) is 7.11 Å². The number of carbonyl (C=O) groups is 2. The number of aryl methyl sites for hydroxylation is 3. The Morgan fingerprint density at radius 3 is 2.42 bits per heavy atom. The van der Waals surface area contributed by atoms with Gasteiger partial charge in [0.05, 0.1) is 23.8 Å². The average molecular weight is 499 g/mol. The van der Waals surface area contributed by atoms with Gasteiger partial charge in [-0.3, -0.25) is 9.59 Å². The highest BCUT2D eigenvalue weighted by atomic mass is 19.4. The van der Waals surface area contributed by atoms with Gasteiger partial charge in [-0.1, -0.05) is 18.2 Å². The van der Waals surface area contributed by atoms with Crippen molar-refractivity contribution >= 4 is 17.4 Å². The number of furan rings is 1. The number of benzene rings is 2. The highest BCUT2D eigenvalue weighted by Crippen LogP contribution is 2.43. The van der Waals surface area contributed by atoms with Gasteiger partial charge in [-0.05, 0) is 67.8 Å². The molecule has 1 aliphatic heterocycles. The predicted octanol–water partition coefficient (Wildman–Crippen LogP) is 5.85. The summed E-state index contributed by atoms with van der Waals surface area (Å²) in [6, 6.07) is 10.1. The maximum absolute atomic E-state index is 13.3. The lowest BCUT2D eigenvalue weighted by Crippen LogP contribution is -2.29. The molecule has 1 amide bonds. The minimum atomic E-state index is -4.57. The van der Waals surface area contributed by atoms with Crippen LogP contribution in [0.15, 0.2) is 58.5 Å². The van der Waals surface area contributed by atoms with Gasteiger partial charge in [0.1, 0.15) is 29.1 Å². The van der Waals surface area contributed by atoms with Gasteiger partial charge in [-0.25, -0.2) is 0 Å². The Labute approximate surface area is 205 Å². The molecular weight excluding hydrogens is 475 g/mol. The molecule has 36 heavy (non-hydrogen) atoms. The number of aliphatic hydroxyl groups excluding tert-OH is 1. The fraction of sp³-hybridized carbons (Fsp3) is 0.259. The van der Waals surface area contributed by atoms with E-state index >= 15 is 0 Å². The largest absolute Gasteiger partial charge is 0.507 e. The zero-order valence-electron chi connectivity index (χ0n) is 20.1. The Morgan fingerprint density at radius 1 is 1.08 bits per heavy atom. The van der Waals surface area contributed by atoms with Gasteiger partial charge < -0.3 is 19.2 Å². The summed E-state index contributed by atoms with van der Waals surface area (Å²) < 4.78 is 50.9. The third-order valence-corrected chi connectivity index (χ3v) is 6.06. The summed E-state index contributed by atoms with van der Waals surface area (Å²) in [7, 11) is 1.42. The van der Waals surface area contributed by atoms with Crippen LogP contribution in [0.25, 0.3) is 5.76 Å². The highest BCUT2D eigenvalue weighted by molar-refractivity contribution is 6.46. The van der Waals surface area contributed by atoms with E-state index in [2.05, 4.69) is 0 Å². The molecule has 6 nitrogen and oxygen atoms in total. The Morgan fingerprint density at radius 2 is 1.81 bits per heavy atom. The normalized spacial score (nSPS) is 17.6. The molecule has 2 heterocycles. The van der Waals surface area contributed by atoms with E-state index in [-0.39, 0.29) is 29.0 Å². The molecule has 0 radical (unpaired) electrons. The second-order valence-corrected chi connectivity index (χ2v) is 8.74. The summed E-state index contributed by atoms with van der Waals surface area (Å²) in [6.45, 7) is 4.96. The number of amides is 1. The van der Waals surface area contributed by atoms with E-state index in [4.69, 9.17) is 9.15 Å². The summed E-state index contributed by atoms with van der Waals surface area (Å²) in [5.41, 5.74) is 0.789. The number of hydrogen-bond acceptors (Lipinski definition) is 5. The van der Waals surface area contributed by atoms with E-state index in [0.29, 0.717) is 17.1 Å². The van der Waals surface area contributed by atoms with E-state index in [1.807, 2.05) is 13.0 Å². The van der Waals surface area contributed by atoms with Crippen molar-refractivity contribution in [3.8, 4) is 5.75 Å². The first-order valence-electron chi connectivity index (χ1n) is 11.1. The molecule has 1 atom stereocenters. The monoisotopic (exact) mass is 499 g/mol. The summed E-state index contributed by atoms with van der Waals surface area (Å²) >= 11 is 0. The number of methoxy groups -OCH3 is 1. The number of halogens is 3. The fourth-order valence-electron chi connectivity index (χ4n) is 4.53. The number of carbonyl (C=O) groups excluding carboxylic acids is 2. The lowest BCUT2D eigenvalue weighted by atomic mass is 9.96. The molecule has 1 aliphatic rings. The van der Waals surface area contributed by atoms with E-state index in [9.17, 15) is 27.9 Å². The minimum absolute atomic E-state index is 0.170. The molecule has 1 unspecified atom stereocenters. The first-order valence-corrected chi connectivity index (χ1v) is 11.1. The Balaban J connectivity index is 1.89. The van der Waals surface area contributed by atoms with Crippen LogP contribution in [0.2, 0.25) is 0 Å². The molecule has 188 valence electrons. The third-order valence-electron chi connectivity index (χ3n) is 6.06. The van der Waals surface area contributed by atoms with Crippen LogP contribution < -0.4 is 4.74 Å². The maximum atomic E-state index is 13.3. The van der Waals surface area contributed by atoms with Gasteiger partial charge in [0.2, 0.25) is 0 Å². The standard InChI is InChI=1S/C27H24F3NO5/c1-14-10-15(2)25(35-4)19(11-14)23(32)21-22(20-9-8-16(3)36-20)31(26(34)24(21)33)13-17-6-5-7-18(12-17)27(28,29)30/h5-12,22,32H,13H2,1-4H3/b23-21+. The number of nitrogens with zero attached hydrogens (tertiary/aromatic N) is 1. The molecule has 1 aromatic heterocycles. The zero-order chi connectivity index (χ0) is 26.4. The summed E-state index contributed by atoms with van der Waals surface area (Å²) in [5.74, 6) is -1.36. The van der Waals surface area contributed by atoms with Gasteiger partial charge in [-0.15, -0.1) is 0 Å². The summed E-state index contributed by atoms with van der Waals surface area (Å²) in [6.07, 6.45) is -4.57. The van der Waals surface area contributed by atoms with Gasteiger partial charge >= 0.3 is 6.18 Å². The third kappa shape index (κ3) is 4.48. The molecule has 1 fully saturated rings. The number of likely N-dealkylation sites (tertiary alicyclic amines) is 1. The first kappa shape index (κ1) is 25.1. The van der Waals surface area contributed by atoms with Gasteiger partial charge in [0.15, 0.2) is 0 Å².